The van der Waals surface area contributed by atoms with Crippen LogP contribution in [0.2, 0.25) is 0 Å². The molecule has 0 atom stereocenters. The van der Waals surface area contributed by atoms with Gasteiger partial charge in [0.1, 0.15) is 5.75 Å². The molecule has 0 radical (unpaired) electrons. The van der Waals surface area contributed by atoms with Gasteiger partial charge in [-0.1, -0.05) is 56.3 Å². The van der Waals surface area contributed by atoms with E-state index in [1.807, 2.05) is 56.3 Å². The zero-order valence-electron chi connectivity index (χ0n) is 13.8. The molecule has 4 nitrogen and oxygen atoms in total. The molecule has 0 spiro atoms. The van der Waals surface area contributed by atoms with Gasteiger partial charge in [-0.2, -0.15) is 0 Å². The van der Waals surface area contributed by atoms with Gasteiger partial charge in [0.15, 0.2) is 0 Å². The van der Waals surface area contributed by atoms with Crippen LogP contribution in [0, 0.1) is 5.92 Å². The lowest BCUT2D eigenvalue weighted by Crippen LogP contribution is -2.09. The first kappa shape index (κ1) is 17.5. The standard InChI is InChI=1S/C20H20O4/c1-15(2)14-23-19(21)12-13-20(22)24-18-10-8-17(9-11-18)16-6-4-3-5-7-16/h3-13,15H,14H2,1-2H3/b13-12+. The Morgan fingerprint density at radius 3 is 2.08 bits per heavy atom. The Kier molecular flexibility index (Phi) is 6.32. The summed E-state index contributed by atoms with van der Waals surface area (Å²) in [6.07, 6.45) is 2.14. The molecule has 0 fully saturated rings. The van der Waals surface area contributed by atoms with Crippen molar-refractivity contribution in [2.45, 2.75) is 13.8 Å². The summed E-state index contributed by atoms with van der Waals surface area (Å²) in [5, 5.41) is 0. The van der Waals surface area contributed by atoms with Gasteiger partial charge < -0.3 is 9.47 Å². The van der Waals surface area contributed by atoms with E-state index >= 15 is 0 Å². The first-order valence-electron chi connectivity index (χ1n) is 7.76. The van der Waals surface area contributed by atoms with Gasteiger partial charge in [0.25, 0.3) is 0 Å². The number of esters is 2. The maximum absolute atomic E-state index is 11.7. The third kappa shape index (κ3) is 5.72. The van der Waals surface area contributed by atoms with Crippen molar-refractivity contribution in [2.75, 3.05) is 6.61 Å². The Balaban J connectivity index is 1.89. The van der Waals surface area contributed by atoms with Gasteiger partial charge in [-0.15, -0.1) is 0 Å². The lowest BCUT2D eigenvalue weighted by Gasteiger charge is -2.05. The van der Waals surface area contributed by atoms with Gasteiger partial charge in [-0.05, 0) is 29.2 Å². The Morgan fingerprint density at radius 2 is 1.46 bits per heavy atom. The van der Waals surface area contributed by atoms with Crippen molar-refractivity contribution >= 4 is 11.9 Å². The zero-order valence-corrected chi connectivity index (χ0v) is 13.8. The Hall–Kier alpha value is -2.88. The predicted molar refractivity (Wildman–Crippen MR) is 92.5 cm³/mol. The number of benzene rings is 2. The van der Waals surface area contributed by atoms with E-state index in [0.29, 0.717) is 12.4 Å². The molecule has 0 aromatic heterocycles. The van der Waals surface area contributed by atoms with E-state index in [9.17, 15) is 9.59 Å². The van der Waals surface area contributed by atoms with E-state index in [4.69, 9.17) is 9.47 Å². The molecule has 0 saturated carbocycles. The first-order valence-corrected chi connectivity index (χ1v) is 7.76. The highest BCUT2D eigenvalue weighted by Crippen LogP contribution is 2.22. The molecule has 0 aliphatic carbocycles. The topological polar surface area (TPSA) is 52.6 Å². The maximum atomic E-state index is 11.7. The molecule has 2 aromatic carbocycles. The van der Waals surface area contributed by atoms with Gasteiger partial charge in [0.2, 0.25) is 0 Å². The maximum Gasteiger partial charge on any atom is 0.336 e. The molecular weight excluding hydrogens is 304 g/mol. The normalized spacial score (nSPS) is 10.8. The van der Waals surface area contributed by atoms with E-state index < -0.39 is 11.9 Å². The first-order chi connectivity index (χ1) is 11.5. The van der Waals surface area contributed by atoms with Crippen LogP contribution in [0.15, 0.2) is 66.7 Å². The Bertz CT molecular complexity index is 700. The molecule has 4 heteroatoms. The summed E-state index contributed by atoms with van der Waals surface area (Å²) in [6, 6.07) is 17.1. The Morgan fingerprint density at radius 1 is 0.875 bits per heavy atom. The minimum absolute atomic E-state index is 0.248. The van der Waals surface area contributed by atoms with Crippen molar-refractivity contribution in [1.82, 2.24) is 0 Å². The number of ether oxygens (including phenoxy) is 2. The molecule has 0 aliphatic heterocycles. The summed E-state index contributed by atoms with van der Waals surface area (Å²) in [7, 11) is 0. The smallest absolute Gasteiger partial charge is 0.336 e. The van der Waals surface area contributed by atoms with Gasteiger partial charge >= 0.3 is 11.9 Å². The monoisotopic (exact) mass is 324 g/mol. The number of carbonyl (C=O) groups is 2. The van der Waals surface area contributed by atoms with Crippen LogP contribution in [0.4, 0.5) is 0 Å². The van der Waals surface area contributed by atoms with Crippen LogP contribution in [0.3, 0.4) is 0 Å². The van der Waals surface area contributed by atoms with Gasteiger partial charge in [-0.25, -0.2) is 9.59 Å². The quantitative estimate of drug-likeness (QED) is 0.457. The molecule has 0 unspecified atom stereocenters. The highest BCUT2D eigenvalue weighted by Gasteiger charge is 2.04. The molecule has 0 saturated heterocycles. The second-order valence-electron chi connectivity index (χ2n) is 5.67. The van der Waals surface area contributed by atoms with Crippen LogP contribution in [-0.4, -0.2) is 18.5 Å². The second-order valence-corrected chi connectivity index (χ2v) is 5.67. The van der Waals surface area contributed by atoms with Crippen molar-refractivity contribution < 1.29 is 19.1 Å². The van der Waals surface area contributed by atoms with Gasteiger partial charge in [-0.3, -0.25) is 0 Å². The van der Waals surface area contributed by atoms with Crippen molar-refractivity contribution in [3.63, 3.8) is 0 Å². The average Bonchev–Trinajstić information content (AvgIpc) is 2.59. The molecule has 0 N–H and O–H groups in total. The number of hydrogen-bond acceptors (Lipinski definition) is 4. The van der Waals surface area contributed by atoms with Crippen LogP contribution < -0.4 is 4.74 Å². The minimum Gasteiger partial charge on any atom is -0.462 e. The van der Waals surface area contributed by atoms with E-state index in [1.54, 1.807) is 12.1 Å². The molecule has 0 aliphatic rings. The molecule has 2 rings (SSSR count). The highest BCUT2D eigenvalue weighted by atomic mass is 16.5. The Labute approximate surface area is 141 Å². The van der Waals surface area contributed by atoms with Crippen molar-refractivity contribution in [3.8, 4) is 16.9 Å². The third-order valence-electron chi connectivity index (χ3n) is 3.09. The van der Waals surface area contributed by atoms with Crippen LogP contribution in [0.1, 0.15) is 13.8 Å². The average molecular weight is 324 g/mol. The summed E-state index contributed by atoms with van der Waals surface area (Å²) in [4.78, 5) is 23.1. The third-order valence-corrected chi connectivity index (χ3v) is 3.09. The zero-order chi connectivity index (χ0) is 17.4. The number of hydrogen-bond donors (Lipinski definition) is 0. The van der Waals surface area contributed by atoms with Crippen molar-refractivity contribution in [3.05, 3.63) is 66.7 Å². The lowest BCUT2D eigenvalue weighted by molar-refractivity contribution is -0.139. The van der Waals surface area contributed by atoms with E-state index in [2.05, 4.69) is 0 Å². The van der Waals surface area contributed by atoms with Crippen molar-refractivity contribution in [2.24, 2.45) is 5.92 Å². The SMILES string of the molecule is CC(C)COC(=O)/C=C/C(=O)Oc1ccc(-c2ccccc2)cc1. The van der Waals surface area contributed by atoms with Crippen LogP contribution >= 0.6 is 0 Å². The molecule has 0 amide bonds. The molecule has 0 heterocycles. The van der Waals surface area contributed by atoms with Crippen LogP contribution in [0.5, 0.6) is 5.75 Å². The minimum atomic E-state index is -0.621. The second kappa shape index (κ2) is 8.67. The van der Waals surface area contributed by atoms with E-state index in [0.717, 1.165) is 23.3 Å². The molecule has 2 aromatic rings. The predicted octanol–water partition coefficient (Wildman–Crippen LogP) is 4.01. The summed E-state index contributed by atoms with van der Waals surface area (Å²) >= 11 is 0. The molecule has 24 heavy (non-hydrogen) atoms. The number of carbonyl (C=O) groups excluding carboxylic acids is 2. The fourth-order valence-corrected chi connectivity index (χ4v) is 1.93. The molecular formula is C20H20O4. The lowest BCUT2D eigenvalue weighted by atomic mass is 10.1. The van der Waals surface area contributed by atoms with E-state index in [1.165, 1.54) is 0 Å². The van der Waals surface area contributed by atoms with E-state index in [-0.39, 0.29) is 5.92 Å². The van der Waals surface area contributed by atoms with Gasteiger partial charge in [0, 0.05) is 12.2 Å². The summed E-state index contributed by atoms with van der Waals surface area (Å²) in [6.45, 7) is 4.19. The molecule has 0 bridgehead atoms. The largest absolute Gasteiger partial charge is 0.462 e. The molecule has 124 valence electrons. The fourth-order valence-electron chi connectivity index (χ4n) is 1.93. The van der Waals surface area contributed by atoms with Gasteiger partial charge in [0.05, 0.1) is 6.61 Å². The summed E-state index contributed by atoms with van der Waals surface area (Å²) < 4.78 is 10.1. The summed E-state index contributed by atoms with van der Waals surface area (Å²) in [5.74, 6) is -0.513. The summed E-state index contributed by atoms with van der Waals surface area (Å²) in [5.41, 5.74) is 2.12. The highest BCUT2D eigenvalue weighted by molar-refractivity contribution is 5.92. The van der Waals surface area contributed by atoms with Crippen LogP contribution in [0.25, 0.3) is 11.1 Å². The fraction of sp³-hybridized carbons (Fsp3) is 0.200. The van der Waals surface area contributed by atoms with Crippen LogP contribution in [-0.2, 0) is 14.3 Å². The number of rotatable bonds is 6. The van der Waals surface area contributed by atoms with Crippen molar-refractivity contribution in [1.29, 1.82) is 0 Å².